The molecular formula is C18H17Cl2NO4. The van der Waals surface area contributed by atoms with E-state index in [9.17, 15) is 4.79 Å². The molecule has 0 unspecified atom stereocenters. The van der Waals surface area contributed by atoms with Crippen LogP contribution in [0.5, 0.6) is 17.2 Å². The number of amides is 1. The molecule has 2 aromatic rings. The average molecular weight is 382 g/mol. The summed E-state index contributed by atoms with van der Waals surface area (Å²) < 4.78 is 15.8. The van der Waals surface area contributed by atoms with Gasteiger partial charge in [0.05, 0.1) is 32.0 Å². The summed E-state index contributed by atoms with van der Waals surface area (Å²) in [5.41, 5.74) is 1.19. The minimum atomic E-state index is -0.335. The molecule has 1 amide bonds. The number of rotatable bonds is 6. The van der Waals surface area contributed by atoms with Crippen LogP contribution >= 0.6 is 23.2 Å². The van der Waals surface area contributed by atoms with E-state index in [1.54, 1.807) is 36.4 Å². The summed E-state index contributed by atoms with van der Waals surface area (Å²) in [4.78, 5) is 12.1. The molecular weight excluding hydrogens is 365 g/mol. The summed E-state index contributed by atoms with van der Waals surface area (Å²) in [6.07, 6.45) is 3.01. The highest BCUT2D eigenvalue weighted by atomic mass is 35.5. The van der Waals surface area contributed by atoms with Crippen LogP contribution in [-0.4, -0.2) is 27.2 Å². The van der Waals surface area contributed by atoms with Gasteiger partial charge in [0.2, 0.25) is 11.7 Å². The van der Waals surface area contributed by atoms with Crippen molar-refractivity contribution in [3.8, 4) is 17.2 Å². The monoisotopic (exact) mass is 381 g/mol. The smallest absolute Gasteiger partial charge is 0.248 e. The van der Waals surface area contributed by atoms with E-state index < -0.39 is 0 Å². The van der Waals surface area contributed by atoms with Gasteiger partial charge in [-0.25, -0.2) is 0 Å². The van der Waals surface area contributed by atoms with Crippen molar-refractivity contribution in [2.45, 2.75) is 0 Å². The fourth-order valence-electron chi connectivity index (χ4n) is 2.13. The highest BCUT2D eigenvalue weighted by molar-refractivity contribution is 6.36. The van der Waals surface area contributed by atoms with Gasteiger partial charge >= 0.3 is 0 Å². The fraction of sp³-hybridized carbons (Fsp3) is 0.167. The summed E-state index contributed by atoms with van der Waals surface area (Å²) in [6, 6.07) is 8.31. The number of halogens is 2. The van der Waals surface area contributed by atoms with Crippen molar-refractivity contribution >= 4 is 40.9 Å². The van der Waals surface area contributed by atoms with Crippen LogP contribution in [0, 0.1) is 0 Å². The zero-order valence-corrected chi connectivity index (χ0v) is 15.4. The zero-order chi connectivity index (χ0) is 18.4. The molecule has 1 N–H and O–H groups in total. The van der Waals surface area contributed by atoms with Gasteiger partial charge in [0.15, 0.2) is 11.5 Å². The number of carbonyl (C=O) groups is 1. The topological polar surface area (TPSA) is 56.8 Å². The van der Waals surface area contributed by atoms with Crippen LogP contribution < -0.4 is 19.5 Å². The third-order valence-corrected chi connectivity index (χ3v) is 3.85. The van der Waals surface area contributed by atoms with Crippen LogP contribution in [0.2, 0.25) is 10.0 Å². The lowest BCUT2D eigenvalue weighted by Crippen LogP contribution is -2.08. The summed E-state index contributed by atoms with van der Waals surface area (Å²) >= 11 is 11.9. The van der Waals surface area contributed by atoms with Crippen molar-refractivity contribution in [1.29, 1.82) is 0 Å². The fourth-order valence-corrected chi connectivity index (χ4v) is 2.59. The third kappa shape index (κ3) is 4.81. The van der Waals surface area contributed by atoms with Crippen LogP contribution in [0.3, 0.4) is 0 Å². The van der Waals surface area contributed by atoms with Gasteiger partial charge in [-0.05, 0) is 42.0 Å². The Bertz CT molecular complexity index is 781. The second-order valence-corrected chi connectivity index (χ2v) is 5.75. The van der Waals surface area contributed by atoms with E-state index in [1.165, 1.54) is 27.4 Å². The van der Waals surface area contributed by atoms with Gasteiger partial charge in [-0.3, -0.25) is 4.79 Å². The number of ether oxygens (including phenoxy) is 3. The second kappa shape index (κ2) is 8.65. The van der Waals surface area contributed by atoms with E-state index >= 15 is 0 Å². The predicted molar refractivity (Wildman–Crippen MR) is 100 cm³/mol. The van der Waals surface area contributed by atoms with Crippen molar-refractivity contribution in [3.05, 3.63) is 52.0 Å². The molecule has 25 heavy (non-hydrogen) atoms. The standard InChI is InChI=1S/C18H17Cl2NO4/c1-23-15-8-11(9-16(24-2)18(15)25-3)4-7-17(22)21-14-6-5-12(19)10-13(14)20/h4-10H,1-3H3,(H,21,22). The minimum absolute atomic E-state index is 0.335. The number of hydrogen-bond acceptors (Lipinski definition) is 4. The Balaban J connectivity index is 2.19. The third-order valence-electron chi connectivity index (χ3n) is 3.30. The molecule has 0 atom stereocenters. The maximum atomic E-state index is 12.1. The van der Waals surface area contributed by atoms with Crippen LogP contribution in [0.25, 0.3) is 6.08 Å². The van der Waals surface area contributed by atoms with Gasteiger partial charge in [0, 0.05) is 11.1 Å². The molecule has 0 fully saturated rings. The number of nitrogens with one attached hydrogen (secondary N) is 1. The van der Waals surface area contributed by atoms with E-state index in [0.29, 0.717) is 38.5 Å². The molecule has 0 aliphatic heterocycles. The summed E-state index contributed by atoms with van der Waals surface area (Å²) in [6.45, 7) is 0. The van der Waals surface area contributed by atoms with E-state index in [1.807, 2.05) is 0 Å². The van der Waals surface area contributed by atoms with Crippen molar-refractivity contribution in [3.63, 3.8) is 0 Å². The van der Waals surface area contributed by atoms with E-state index in [-0.39, 0.29) is 5.91 Å². The summed E-state index contributed by atoms with van der Waals surface area (Å²) in [5, 5.41) is 3.54. The van der Waals surface area contributed by atoms with Crippen LogP contribution in [0.15, 0.2) is 36.4 Å². The van der Waals surface area contributed by atoms with Gasteiger partial charge < -0.3 is 19.5 Å². The molecule has 0 aromatic heterocycles. The predicted octanol–water partition coefficient (Wildman–Crippen LogP) is 4.67. The molecule has 0 saturated heterocycles. The Hall–Kier alpha value is -2.37. The minimum Gasteiger partial charge on any atom is -0.493 e. The molecule has 0 spiro atoms. The molecule has 0 bridgehead atoms. The normalized spacial score (nSPS) is 10.6. The van der Waals surface area contributed by atoms with Crippen molar-refractivity contribution in [2.24, 2.45) is 0 Å². The second-order valence-electron chi connectivity index (χ2n) is 4.91. The van der Waals surface area contributed by atoms with Gasteiger partial charge in [0.1, 0.15) is 0 Å². The van der Waals surface area contributed by atoms with Crippen molar-refractivity contribution in [2.75, 3.05) is 26.6 Å². The van der Waals surface area contributed by atoms with E-state index in [4.69, 9.17) is 37.4 Å². The Morgan fingerprint density at radius 2 is 1.64 bits per heavy atom. The first-order valence-electron chi connectivity index (χ1n) is 7.22. The number of methoxy groups -OCH3 is 3. The summed E-state index contributed by atoms with van der Waals surface area (Å²) in [5.74, 6) is 1.16. The molecule has 132 valence electrons. The average Bonchev–Trinajstić information content (AvgIpc) is 2.61. The zero-order valence-electron chi connectivity index (χ0n) is 13.9. The Labute approximate surface area is 156 Å². The number of hydrogen-bond donors (Lipinski definition) is 1. The molecule has 7 heteroatoms. The lowest BCUT2D eigenvalue weighted by molar-refractivity contribution is -0.111. The lowest BCUT2D eigenvalue weighted by Gasteiger charge is -2.12. The first-order valence-corrected chi connectivity index (χ1v) is 7.98. The maximum absolute atomic E-state index is 12.1. The molecule has 5 nitrogen and oxygen atoms in total. The highest BCUT2D eigenvalue weighted by Gasteiger charge is 2.12. The molecule has 2 rings (SSSR count). The van der Waals surface area contributed by atoms with Crippen LogP contribution in [0.1, 0.15) is 5.56 Å². The van der Waals surface area contributed by atoms with Gasteiger partial charge in [0.25, 0.3) is 0 Å². The van der Waals surface area contributed by atoms with Crippen molar-refractivity contribution in [1.82, 2.24) is 0 Å². The molecule has 0 aliphatic rings. The highest BCUT2D eigenvalue weighted by Crippen LogP contribution is 2.38. The Kier molecular flexibility index (Phi) is 6.56. The molecule has 0 heterocycles. The van der Waals surface area contributed by atoms with Gasteiger partial charge in [-0.2, -0.15) is 0 Å². The number of anilines is 1. The SMILES string of the molecule is COc1cc(C=CC(=O)Nc2ccc(Cl)cc2Cl)cc(OC)c1OC. The molecule has 0 radical (unpaired) electrons. The van der Waals surface area contributed by atoms with Gasteiger partial charge in [-0.1, -0.05) is 23.2 Å². The van der Waals surface area contributed by atoms with E-state index in [0.717, 1.165) is 0 Å². The molecule has 0 saturated carbocycles. The van der Waals surface area contributed by atoms with Crippen LogP contribution in [0.4, 0.5) is 5.69 Å². The number of benzene rings is 2. The largest absolute Gasteiger partial charge is 0.493 e. The molecule has 2 aromatic carbocycles. The first-order chi connectivity index (χ1) is 12.0. The summed E-state index contributed by atoms with van der Waals surface area (Å²) in [7, 11) is 4.58. The maximum Gasteiger partial charge on any atom is 0.248 e. The van der Waals surface area contributed by atoms with E-state index in [2.05, 4.69) is 5.32 Å². The Morgan fingerprint density at radius 1 is 1.00 bits per heavy atom. The first kappa shape index (κ1) is 19.0. The Morgan fingerprint density at radius 3 is 2.16 bits per heavy atom. The number of carbonyl (C=O) groups excluding carboxylic acids is 1. The van der Waals surface area contributed by atoms with Gasteiger partial charge in [-0.15, -0.1) is 0 Å². The van der Waals surface area contributed by atoms with Crippen LogP contribution in [-0.2, 0) is 4.79 Å². The molecule has 0 aliphatic carbocycles. The quantitative estimate of drug-likeness (QED) is 0.738. The lowest BCUT2D eigenvalue weighted by atomic mass is 10.1. The van der Waals surface area contributed by atoms with Crippen molar-refractivity contribution < 1.29 is 19.0 Å².